The fraction of sp³-hybridized carbons (Fsp3) is 0.364. The van der Waals surface area contributed by atoms with Gasteiger partial charge in [-0.25, -0.2) is 8.42 Å². The highest BCUT2D eigenvalue weighted by Crippen LogP contribution is 2.30. The standard InChI is InChI=1S/C11H13ClO3S2/c1-4-16-9-5-7(2)8(11(12)13)6-10(9)17(3,14)15/h5-6H,4H2,1-3H3. The molecule has 6 heteroatoms. The van der Waals surface area contributed by atoms with E-state index in [0.717, 1.165) is 12.0 Å². The summed E-state index contributed by atoms with van der Waals surface area (Å²) in [5.74, 6) is 0.760. The molecular formula is C11H13ClO3S2. The van der Waals surface area contributed by atoms with Crippen molar-refractivity contribution in [2.45, 2.75) is 23.6 Å². The third-order valence-corrected chi connectivity index (χ3v) is 4.61. The number of aryl methyl sites for hydroxylation is 1. The molecule has 0 amide bonds. The van der Waals surface area contributed by atoms with Crippen LogP contribution in [-0.4, -0.2) is 25.7 Å². The Labute approximate surface area is 110 Å². The number of rotatable bonds is 4. The number of benzene rings is 1. The Morgan fingerprint density at radius 3 is 2.41 bits per heavy atom. The van der Waals surface area contributed by atoms with Crippen molar-refractivity contribution in [2.24, 2.45) is 0 Å². The van der Waals surface area contributed by atoms with Crippen LogP contribution in [0.15, 0.2) is 21.9 Å². The number of carbonyl (C=O) groups is 1. The zero-order valence-corrected chi connectivity index (χ0v) is 12.2. The molecule has 3 nitrogen and oxygen atoms in total. The van der Waals surface area contributed by atoms with E-state index in [1.807, 2.05) is 6.92 Å². The molecule has 1 aromatic rings. The van der Waals surface area contributed by atoms with E-state index in [9.17, 15) is 13.2 Å². The average molecular weight is 293 g/mol. The molecule has 0 aliphatic carbocycles. The van der Waals surface area contributed by atoms with E-state index in [2.05, 4.69) is 0 Å². The Hall–Kier alpha value is -0.520. The molecule has 1 aromatic carbocycles. The number of thioether (sulfide) groups is 1. The Kier molecular flexibility index (Phi) is 4.63. The van der Waals surface area contributed by atoms with Gasteiger partial charge in [-0.05, 0) is 42.0 Å². The van der Waals surface area contributed by atoms with Crippen molar-refractivity contribution in [3.05, 3.63) is 23.3 Å². The molecule has 0 N–H and O–H groups in total. The Balaban J connectivity index is 3.53. The van der Waals surface area contributed by atoms with E-state index in [4.69, 9.17) is 11.6 Å². The van der Waals surface area contributed by atoms with Crippen LogP contribution in [0.1, 0.15) is 22.8 Å². The summed E-state index contributed by atoms with van der Waals surface area (Å²) in [6.07, 6.45) is 1.12. The molecule has 0 saturated heterocycles. The van der Waals surface area contributed by atoms with Crippen LogP contribution in [0, 0.1) is 6.92 Å². The molecule has 0 unspecified atom stereocenters. The largest absolute Gasteiger partial charge is 0.276 e. The van der Waals surface area contributed by atoms with Crippen molar-refractivity contribution < 1.29 is 13.2 Å². The van der Waals surface area contributed by atoms with Crippen LogP contribution in [0.25, 0.3) is 0 Å². The highest BCUT2D eigenvalue weighted by atomic mass is 35.5. The van der Waals surface area contributed by atoms with Crippen LogP contribution >= 0.6 is 23.4 Å². The van der Waals surface area contributed by atoms with Crippen molar-refractivity contribution in [1.82, 2.24) is 0 Å². The predicted molar refractivity (Wildman–Crippen MR) is 70.9 cm³/mol. The van der Waals surface area contributed by atoms with Gasteiger partial charge in [-0.3, -0.25) is 4.79 Å². The van der Waals surface area contributed by atoms with E-state index in [0.29, 0.717) is 10.5 Å². The molecule has 0 radical (unpaired) electrons. The van der Waals surface area contributed by atoms with Crippen LogP contribution in [-0.2, 0) is 9.84 Å². The molecule has 0 heterocycles. The molecule has 0 saturated carbocycles. The molecule has 1 rings (SSSR count). The second-order valence-electron chi connectivity index (χ2n) is 3.59. The number of hydrogen-bond acceptors (Lipinski definition) is 4. The zero-order chi connectivity index (χ0) is 13.2. The maximum atomic E-state index is 11.6. The highest BCUT2D eigenvalue weighted by molar-refractivity contribution is 8.00. The van der Waals surface area contributed by atoms with E-state index in [1.165, 1.54) is 17.8 Å². The van der Waals surface area contributed by atoms with Gasteiger partial charge in [-0.1, -0.05) is 6.92 Å². The summed E-state index contributed by atoms with van der Waals surface area (Å²) < 4.78 is 23.3. The van der Waals surface area contributed by atoms with E-state index in [-0.39, 0.29) is 10.5 Å². The average Bonchev–Trinajstić information content (AvgIpc) is 2.15. The molecule has 94 valence electrons. The predicted octanol–water partition coefficient (Wildman–Crippen LogP) is 2.89. The molecule has 0 bridgehead atoms. The van der Waals surface area contributed by atoms with Gasteiger partial charge in [-0.15, -0.1) is 11.8 Å². The topological polar surface area (TPSA) is 51.2 Å². The lowest BCUT2D eigenvalue weighted by atomic mass is 10.1. The van der Waals surface area contributed by atoms with Gasteiger partial charge in [-0.2, -0.15) is 0 Å². The van der Waals surface area contributed by atoms with Crippen LogP contribution in [0.2, 0.25) is 0 Å². The number of halogens is 1. The van der Waals surface area contributed by atoms with Gasteiger partial charge in [0.1, 0.15) is 0 Å². The second-order valence-corrected chi connectivity index (χ2v) is 7.23. The van der Waals surface area contributed by atoms with Crippen LogP contribution < -0.4 is 0 Å². The minimum absolute atomic E-state index is 0.166. The fourth-order valence-electron chi connectivity index (χ4n) is 1.43. The zero-order valence-electron chi connectivity index (χ0n) is 9.78. The second kappa shape index (κ2) is 5.42. The first kappa shape index (κ1) is 14.5. The van der Waals surface area contributed by atoms with E-state index >= 15 is 0 Å². The lowest BCUT2D eigenvalue weighted by molar-refractivity contribution is 0.108. The highest BCUT2D eigenvalue weighted by Gasteiger charge is 2.18. The van der Waals surface area contributed by atoms with Gasteiger partial charge in [0.2, 0.25) is 0 Å². The Bertz CT molecular complexity index is 550. The molecule has 0 fully saturated rings. The molecular weight excluding hydrogens is 280 g/mol. The van der Waals surface area contributed by atoms with Crippen molar-refractivity contribution in [2.75, 3.05) is 12.0 Å². The van der Waals surface area contributed by atoms with Gasteiger partial charge in [0.05, 0.1) is 4.90 Å². The van der Waals surface area contributed by atoms with Crippen molar-refractivity contribution in [3.63, 3.8) is 0 Å². The SMILES string of the molecule is CCSc1cc(C)c(C(=O)Cl)cc1S(C)(=O)=O. The van der Waals surface area contributed by atoms with Crippen molar-refractivity contribution in [1.29, 1.82) is 0 Å². The minimum atomic E-state index is -3.36. The molecule has 0 spiro atoms. The van der Waals surface area contributed by atoms with Crippen molar-refractivity contribution in [3.8, 4) is 0 Å². The fourth-order valence-corrected chi connectivity index (χ4v) is 3.79. The number of hydrogen-bond donors (Lipinski definition) is 0. The van der Waals surface area contributed by atoms with Crippen LogP contribution in [0.4, 0.5) is 0 Å². The van der Waals surface area contributed by atoms with Crippen molar-refractivity contribution >= 4 is 38.4 Å². The lowest BCUT2D eigenvalue weighted by Crippen LogP contribution is -2.04. The van der Waals surface area contributed by atoms with E-state index < -0.39 is 15.1 Å². The molecule has 0 aromatic heterocycles. The van der Waals surface area contributed by atoms with Crippen LogP contribution in [0.5, 0.6) is 0 Å². The summed E-state index contributed by atoms with van der Waals surface area (Å²) in [5, 5.41) is -0.638. The normalized spacial score (nSPS) is 11.5. The van der Waals surface area contributed by atoms with Gasteiger partial charge < -0.3 is 0 Å². The van der Waals surface area contributed by atoms with Crippen LogP contribution in [0.3, 0.4) is 0 Å². The summed E-state index contributed by atoms with van der Waals surface area (Å²) in [7, 11) is -3.36. The number of sulfone groups is 1. The molecule has 0 atom stereocenters. The molecule has 0 aliphatic rings. The summed E-state index contributed by atoms with van der Waals surface area (Å²) >= 11 is 6.85. The maximum absolute atomic E-state index is 11.6. The third kappa shape index (κ3) is 3.47. The quantitative estimate of drug-likeness (QED) is 0.632. The Morgan fingerprint density at radius 2 is 2.00 bits per heavy atom. The van der Waals surface area contributed by atoms with Gasteiger partial charge >= 0.3 is 0 Å². The summed E-state index contributed by atoms with van der Waals surface area (Å²) in [6.45, 7) is 3.67. The Morgan fingerprint density at radius 1 is 1.41 bits per heavy atom. The van der Waals surface area contributed by atoms with Gasteiger partial charge in [0, 0.05) is 16.7 Å². The summed E-state index contributed by atoms with van der Waals surface area (Å²) in [5.41, 5.74) is 0.931. The smallest absolute Gasteiger partial charge is 0.252 e. The van der Waals surface area contributed by atoms with E-state index in [1.54, 1.807) is 13.0 Å². The monoisotopic (exact) mass is 292 g/mol. The maximum Gasteiger partial charge on any atom is 0.252 e. The molecule has 17 heavy (non-hydrogen) atoms. The summed E-state index contributed by atoms with van der Waals surface area (Å²) in [4.78, 5) is 12.0. The first-order valence-electron chi connectivity index (χ1n) is 4.94. The third-order valence-electron chi connectivity index (χ3n) is 2.20. The summed E-state index contributed by atoms with van der Waals surface area (Å²) in [6, 6.07) is 3.05. The molecule has 0 aliphatic heterocycles. The van der Waals surface area contributed by atoms with Gasteiger partial charge in [0.25, 0.3) is 5.24 Å². The van der Waals surface area contributed by atoms with Gasteiger partial charge in [0.15, 0.2) is 9.84 Å². The minimum Gasteiger partial charge on any atom is -0.276 e. The number of carbonyl (C=O) groups excluding carboxylic acids is 1. The first-order valence-corrected chi connectivity index (χ1v) is 8.20. The lowest BCUT2D eigenvalue weighted by Gasteiger charge is -2.10. The first-order chi connectivity index (χ1) is 7.77.